The molecule has 3 heterocycles. The number of hydrogen-bond acceptors (Lipinski definition) is 10. The summed E-state index contributed by atoms with van der Waals surface area (Å²) >= 11 is 0. The van der Waals surface area contributed by atoms with Crippen LogP contribution in [-0.4, -0.2) is 95.5 Å². The smallest absolute Gasteiger partial charge is 0.427 e. The summed E-state index contributed by atoms with van der Waals surface area (Å²) in [6.07, 6.45) is -0.983. The van der Waals surface area contributed by atoms with Crippen molar-refractivity contribution in [1.82, 2.24) is 25.2 Å². The summed E-state index contributed by atoms with van der Waals surface area (Å²) in [5, 5.41) is 6.58. The summed E-state index contributed by atoms with van der Waals surface area (Å²) in [4.78, 5) is 62.3. The largest absolute Gasteiger partial charge is 0.478 e. The number of ether oxygens (including phenoxy) is 3. The highest BCUT2D eigenvalue weighted by Crippen LogP contribution is 2.49. The Labute approximate surface area is 342 Å². The van der Waals surface area contributed by atoms with Crippen LogP contribution in [0.25, 0.3) is 10.8 Å². The number of aromatic nitrogens is 1. The summed E-state index contributed by atoms with van der Waals surface area (Å²) in [6, 6.07) is 6.24. The van der Waals surface area contributed by atoms with Gasteiger partial charge in [-0.2, -0.15) is 18.2 Å². The Morgan fingerprint density at radius 3 is 2.46 bits per heavy atom. The number of nitrogens with one attached hydrogen (secondary N) is 3. The third-order valence-electron chi connectivity index (χ3n) is 12.2. The van der Waals surface area contributed by atoms with Crippen LogP contribution in [0.1, 0.15) is 92.9 Å². The number of amides is 4. The zero-order chi connectivity index (χ0) is 43.1. The number of halogens is 3. The van der Waals surface area contributed by atoms with Crippen molar-refractivity contribution < 1.29 is 55.0 Å². The molecule has 0 spiro atoms. The number of alkyl halides is 3. The van der Waals surface area contributed by atoms with Gasteiger partial charge >= 0.3 is 12.3 Å². The van der Waals surface area contributed by atoms with E-state index in [1.807, 2.05) is 25.1 Å². The molecule has 0 radical (unpaired) electrons. The van der Waals surface area contributed by atoms with Gasteiger partial charge in [0.15, 0.2) is 0 Å². The average molecular weight is 850 g/mol. The van der Waals surface area contributed by atoms with Gasteiger partial charge in [0.2, 0.25) is 39.2 Å². The number of allylic oxidation sites excluding steroid dienone is 1. The summed E-state index contributed by atoms with van der Waals surface area (Å²) in [7, 11) is -4.09. The van der Waals surface area contributed by atoms with Gasteiger partial charge < -0.3 is 29.7 Å². The number of sulfonamides is 1. The maximum atomic E-state index is 14.8. The molecule has 1 aromatic carbocycles. The maximum Gasteiger partial charge on any atom is 0.427 e. The fourth-order valence-electron chi connectivity index (χ4n) is 8.15. The molecule has 2 aromatic rings. The number of hydrogen-bond donors (Lipinski definition) is 3. The number of carbonyl (C=O) groups is 4. The number of nitrogens with zero attached hydrogens (tertiary/aromatic N) is 2. The van der Waals surface area contributed by atoms with Gasteiger partial charge in [-0.3, -0.25) is 19.1 Å². The Morgan fingerprint density at radius 1 is 1.08 bits per heavy atom. The van der Waals surface area contributed by atoms with E-state index >= 15 is 0 Å². The number of fused-ring (bicyclic) bond motifs is 3. The second-order valence-corrected chi connectivity index (χ2v) is 19.1. The Morgan fingerprint density at radius 2 is 1.80 bits per heavy atom. The molecule has 2 aliphatic heterocycles. The lowest BCUT2D eigenvalue weighted by atomic mass is 9.88. The fraction of sp³-hybridized carbons (Fsp3) is 0.634. The van der Waals surface area contributed by atoms with Gasteiger partial charge in [0, 0.05) is 23.8 Å². The first kappa shape index (κ1) is 44.0. The van der Waals surface area contributed by atoms with Gasteiger partial charge in [-0.1, -0.05) is 51.1 Å². The Balaban J connectivity index is 1.36. The molecule has 1 aromatic heterocycles. The third-order valence-corrected chi connectivity index (χ3v) is 14.5. The normalized spacial score (nSPS) is 29.1. The molecule has 6 rings (SSSR count). The molecule has 2 saturated carbocycles. The van der Waals surface area contributed by atoms with Crippen LogP contribution in [-0.2, 0) is 29.1 Å². The minimum Gasteiger partial charge on any atom is -0.478 e. The molecule has 14 nitrogen and oxygen atoms in total. The average Bonchev–Trinajstić information content (AvgIpc) is 4.06. The van der Waals surface area contributed by atoms with Gasteiger partial charge in [0.05, 0.1) is 17.9 Å². The van der Waals surface area contributed by atoms with Crippen molar-refractivity contribution in [2.75, 3.05) is 13.2 Å². The second-order valence-electron chi connectivity index (χ2n) is 17.0. The fourth-order valence-corrected chi connectivity index (χ4v) is 9.81. The number of pyridine rings is 1. The summed E-state index contributed by atoms with van der Waals surface area (Å²) in [5.74, 6) is -3.22. The first-order chi connectivity index (χ1) is 27.7. The van der Waals surface area contributed by atoms with E-state index in [0.29, 0.717) is 64.4 Å². The molecule has 0 bridgehead atoms. The number of benzene rings is 1. The monoisotopic (exact) mass is 849 g/mol. The highest BCUT2D eigenvalue weighted by molar-refractivity contribution is 7.91. The van der Waals surface area contributed by atoms with E-state index in [1.54, 1.807) is 45.0 Å². The zero-order valence-corrected chi connectivity index (χ0v) is 35.0. The molecule has 18 heteroatoms. The maximum absolute atomic E-state index is 14.8. The molecule has 1 saturated heterocycles. The predicted octanol–water partition coefficient (Wildman–Crippen LogP) is 5.69. The Hall–Kier alpha value is -4.61. The Bertz CT molecular complexity index is 2090. The van der Waals surface area contributed by atoms with Gasteiger partial charge in [-0.05, 0) is 89.0 Å². The van der Waals surface area contributed by atoms with Crippen LogP contribution < -0.4 is 24.8 Å². The molecule has 7 atom stereocenters. The number of rotatable bonds is 10. The second kappa shape index (κ2) is 16.4. The van der Waals surface area contributed by atoms with Gasteiger partial charge in [-0.25, -0.2) is 13.2 Å². The number of carbonyl (C=O) groups excluding carboxylic acids is 4. The van der Waals surface area contributed by atoms with Gasteiger partial charge in [0.25, 0.3) is 5.91 Å². The molecule has 3 fully saturated rings. The molecule has 3 N–H and O–H groups in total. The zero-order valence-electron chi connectivity index (χ0n) is 34.2. The first-order valence-electron chi connectivity index (χ1n) is 20.3. The third kappa shape index (κ3) is 9.11. The lowest BCUT2D eigenvalue weighted by Gasteiger charge is -2.34. The van der Waals surface area contributed by atoms with Crippen LogP contribution >= 0.6 is 0 Å². The van der Waals surface area contributed by atoms with E-state index in [2.05, 4.69) is 20.3 Å². The van der Waals surface area contributed by atoms with Crippen LogP contribution in [0, 0.1) is 17.8 Å². The van der Waals surface area contributed by atoms with Crippen molar-refractivity contribution >= 4 is 44.6 Å². The molecule has 59 heavy (non-hydrogen) atoms. The molecule has 324 valence electrons. The van der Waals surface area contributed by atoms with Crippen molar-refractivity contribution in [3.8, 4) is 11.8 Å². The van der Waals surface area contributed by atoms with Crippen LogP contribution in [0.3, 0.4) is 0 Å². The van der Waals surface area contributed by atoms with Crippen molar-refractivity contribution in [3.63, 3.8) is 0 Å². The molecule has 0 unspecified atom stereocenters. The van der Waals surface area contributed by atoms with E-state index in [9.17, 15) is 40.8 Å². The lowest BCUT2D eigenvalue weighted by Crippen LogP contribution is -2.60. The lowest BCUT2D eigenvalue weighted by molar-refractivity contribution is -0.244. The first-order valence-corrected chi connectivity index (χ1v) is 21.8. The quantitative estimate of drug-likeness (QED) is 0.251. The van der Waals surface area contributed by atoms with Gasteiger partial charge in [-0.15, -0.1) is 0 Å². The molecule has 2 aliphatic carbocycles. The summed E-state index contributed by atoms with van der Waals surface area (Å²) < 4.78 is 86.3. The standard InChI is InChI=1S/C41H54F3N5O9S/c1-7-39(17-18-39)59(54,55)48-36(52)40-22-27(40)15-11-9-13-24(3)19-25(4)32(46-37(53)58-38(5,6)41(42,43)44)35(51)49-23-28(21-30(49)33(50)47-40)57-34-29-16-12-10-14-26(29)20-31(45-34)56-8-2/h10-12,14-16,20,24-25,27-28,30,32H,7-9,13,17-19,21-23H2,1-6H3,(H,46,53)(H,47,50)(H,48,52)/b15-11-/t24-,25+,27+,28+,30-,32-,40+/m0/s1. The highest BCUT2D eigenvalue weighted by atomic mass is 32.2. The summed E-state index contributed by atoms with van der Waals surface area (Å²) in [6.45, 7) is 8.66. The van der Waals surface area contributed by atoms with Crippen LogP contribution in [0.15, 0.2) is 42.5 Å². The SMILES string of the molecule is CCOc1cc2ccccc2c(O[C@@H]2C[C@H]3C(=O)N[C@]4(C(=O)NS(=O)(=O)C5(CC)CC5)C[C@H]4/C=C\CC[C@H](C)C[C@@H](C)[C@H](NC(=O)OC(C)(C)C(F)(F)F)C(=O)N3C2)n1. The topological polar surface area (TPSA) is 182 Å². The molecular formula is C41H54F3N5O9S. The summed E-state index contributed by atoms with van der Waals surface area (Å²) in [5.41, 5.74) is -4.53. The highest BCUT2D eigenvalue weighted by Gasteiger charge is 2.63. The van der Waals surface area contributed by atoms with Crippen LogP contribution in [0.5, 0.6) is 11.8 Å². The minimum absolute atomic E-state index is 0.0390. The van der Waals surface area contributed by atoms with E-state index in [0.717, 1.165) is 5.39 Å². The van der Waals surface area contributed by atoms with Crippen molar-refractivity contribution in [2.45, 2.75) is 133 Å². The van der Waals surface area contributed by atoms with E-state index in [4.69, 9.17) is 14.2 Å². The van der Waals surface area contributed by atoms with Crippen LogP contribution in [0.2, 0.25) is 0 Å². The van der Waals surface area contributed by atoms with Crippen molar-refractivity contribution in [3.05, 3.63) is 42.5 Å². The minimum atomic E-state index is -4.91. The van der Waals surface area contributed by atoms with E-state index in [1.165, 1.54) is 4.90 Å². The predicted molar refractivity (Wildman–Crippen MR) is 211 cm³/mol. The molecule has 4 amide bonds. The van der Waals surface area contributed by atoms with E-state index < -0.39 is 85.9 Å². The molecular weight excluding hydrogens is 796 g/mol. The van der Waals surface area contributed by atoms with Crippen LogP contribution in [0.4, 0.5) is 18.0 Å². The Kier molecular flexibility index (Phi) is 12.3. The van der Waals surface area contributed by atoms with Gasteiger partial charge in [0.1, 0.15) is 23.7 Å². The van der Waals surface area contributed by atoms with Crippen molar-refractivity contribution in [1.29, 1.82) is 0 Å². The van der Waals surface area contributed by atoms with E-state index in [-0.39, 0.29) is 37.1 Å². The molecule has 4 aliphatic rings. The van der Waals surface area contributed by atoms with Crippen molar-refractivity contribution in [2.24, 2.45) is 17.8 Å². The number of alkyl carbamates (subject to hydrolysis) is 1.